The Hall–Kier alpha value is -3.55. The van der Waals surface area contributed by atoms with Gasteiger partial charge in [-0.15, -0.1) is 0 Å². The number of halogens is 1. The van der Waals surface area contributed by atoms with Gasteiger partial charge in [-0.3, -0.25) is 0 Å². The van der Waals surface area contributed by atoms with E-state index >= 15 is 0 Å². The number of carbonyl (C=O) groups excluding carboxylic acids is 4. The normalized spacial score (nSPS) is 19.0. The van der Waals surface area contributed by atoms with Gasteiger partial charge >= 0.3 is 24.1 Å². The maximum absolute atomic E-state index is 12.0. The van der Waals surface area contributed by atoms with E-state index in [1.165, 1.54) is 4.90 Å². The number of oxime groups is 2. The smallest absolute Gasteiger partial charge is 0.410 e. The van der Waals surface area contributed by atoms with Crippen molar-refractivity contribution in [2.45, 2.75) is 80.1 Å². The minimum atomic E-state index is -0.818. The molecule has 3 heterocycles. The van der Waals surface area contributed by atoms with Crippen molar-refractivity contribution in [1.82, 2.24) is 9.80 Å². The number of likely N-dealkylation sites (tertiary alicyclic amines) is 1. The van der Waals surface area contributed by atoms with Gasteiger partial charge in [0.1, 0.15) is 11.2 Å². The lowest BCUT2D eigenvalue weighted by atomic mass is 10.0. The number of ether oxygens (including phenoxy) is 4. The summed E-state index contributed by atoms with van der Waals surface area (Å²) in [6, 6.07) is 0. The zero-order chi connectivity index (χ0) is 31.4. The van der Waals surface area contributed by atoms with Crippen LogP contribution in [-0.4, -0.2) is 107 Å². The predicted molar refractivity (Wildman–Crippen MR) is 156 cm³/mol. The zero-order valence-corrected chi connectivity index (χ0v) is 25.6. The summed E-state index contributed by atoms with van der Waals surface area (Å²) in [5.74, 6) is -1.53. The first kappa shape index (κ1) is 38.5. The van der Waals surface area contributed by atoms with E-state index in [9.17, 15) is 19.2 Å². The van der Waals surface area contributed by atoms with Gasteiger partial charge in [0.15, 0.2) is 11.8 Å². The second kappa shape index (κ2) is 17.4. The van der Waals surface area contributed by atoms with Gasteiger partial charge in [-0.05, 0) is 55.4 Å². The van der Waals surface area contributed by atoms with Gasteiger partial charge in [-0.2, -0.15) is 0 Å². The number of esters is 2. The lowest BCUT2D eigenvalue weighted by molar-refractivity contribution is -0.136. The average molecular weight is 621 g/mol. The van der Waals surface area contributed by atoms with Gasteiger partial charge in [0.05, 0.1) is 25.7 Å². The van der Waals surface area contributed by atoms with Gasteiger partial charge in [0, 0.05) is 19.6 Å². The van der Waals surface area contributed by atoms with Crippen molar-refractivity contribution in [2.24, 2.45) is 16.2 Å². The van der Waals surface area contributed by atoms with E-state index in [4.69, 9.17) is 35.9 Å². The average Bonchev–Trinajstić information content (AvgIpc) is 3.60. The van der Waals surface area contributed by atoms with Crippen LogP contribution in [0.5, 0.6) is 0 Å². The van der Waals surface area contributed by atoms with Gasteiger partial charge in [-0.1, -0.05) is 41.5 Å². The van der Waals surface area contributed by atoms with E-state index in [0.29, 0.717) is 26.2 Å². The van der Waals surface area contributed by atoms with Crippen LogP contribution in [0.3, 0.4) is 0 Å². The highest BCUT2D eigenvalue weighted by molar-refractivity contribution is 6.81. The molecule has 3 aliphatic heterocycles. The van der Waals surface area contributed by atoms with E-state index in [0.717, 1.165) is 0 Å². The predicted octanol–water partition coefficient (Wildman–Crippen LogP) is 4.18. The van der Waals surface area contributed by atoms with Gasteiger partial charge in [-0.25, -0.2) is 19.2 Å². The topological polar surface area (TPSA) is 166 Å². The molecule has 0 spiro atoms. The molecule has 240 valence electrons. The Kier molecular flexibility index (Phi) is 15.9. The molecular weight excluding hydrogens is 576 g/mol. The van der Waals surface area contributed by atoms with Crippen molar-refractivity contribution in [3.8, 4) is 0 Å². The van der Waals surface area contributed by atoms with Crippen LogP contribution in [0.1, 0.15) is 62.8 Å². The lowest BCUT2D eigenvalue weighted by Gasteiger charge is -2.24. The standard InChI is InChI=1S/C13H20N2O5.C9H15NO2.C4H6ClNO3.CH4/c1-5-18-11(16)10-8-6-15(7-9(8)20-14-10)12(17)19-13(2,3)4;1-9(2,3)12-8(11)10-6-4-5-7-10;1-2-9-4(7)3(5)6-8;/h8-9H,5-7H2,1-4H3;4-5H,6-7H2,1-3H3;8H,2H2,1H3;1H4/b;;6-3-;. The monoisotopic (exact) mass is 620 g/mol. The van der Waals surface area contributed by atoms with Crippen LogP contribution in [0.15, 0.2) is 22.5 Å². The molecule has 0 aromatic carbocycles. The Balaban J connectivity index is 0.000000655. The van der Waals surface area contributed by atoms with Crippen molar-refractivity contribution < 1.29 is 48.2 Å². The van der Waals surface area contributed by atoms with Crippen LogP contribution in [0.25, 0.3) is 0 Å². The van der Waals surface area contributed by atoms with Crippen LogP contribution in [-0.2, 0) is 33.4 Å². The Morgan fingerprint density at radius 3 is 1.90 bits per heavy atom. The van der Waals surface area contributed by atoms with Crippen LogP contribution in [0.4, 0.5) is 9.59 Å². The molecule has 2 amide bonds. The van der Waals surface area contributed by atoms with E-state index < -0.39 is 28.8 Å². The molecule has 42 heavy (non-hydrogen) atoms. The highest BCUT2D eigenvalue weighted by Crippen LogP contribution is 2.28. The first-order valence-electron chi connectivity index (χ1n) is 13.1. The fraction of sp³-hybridized carbons (Fsp3) is 0.704. The molecule has 0 bridgehead atoms. The zero-order valence-electron chi connectivity index (χ0n) is 24.8. The Morgan fingerprint density at radius 2 is 1.45 bits per heavy atom. The van der Waals surface area contributed by atoms with Gasteiger partial charge in [0.25, 0.3) is 5.17 Å². The molecule has 2 unspecified atom stereocenters. The highest BCUT2D eigenvalue weighted by Gasteiger charge is 2.47. The summed E-state index contributed by atoms with van der Waals surface area (Å²) in [4.78, 5) is 53.8. The maximum atomic E-state index is 12.0. The Morgan fingerprint density at radius 1 is 0.952 bits per heavy atom. The van der Waals surface area contributed by atoms with Crippen molar-refractivity contribution >= 4 is 46.6 Å². The summed E-state index contributed by atoms with van der Waals surface area (Å²) in [6.45, 7) is 17.0. The summed E-state index contributed by atoms with van der Waals surface area (Å²) in [7, 11) is 0. The van der Waals surface area contributed by atoms with Crippen LogP contribution < -0.4 is 0 Å². The van der Waals surface area contributed by atoms with Crippen LogP contribution in [0, 0.1) is 5.92 Å². The molecular formula is C27H45ClN4O10. The SMILES string of the molecule is C.CC(C)(C)OC(=O)N1CC=CC1.CCOC(=O)/C(Cl)=N/O.CCOC(=O)C1=NOC2CN(C(=O)OC(C)(C)C)CC12. The molecule has 0 aliphatic carbocycles. The summed E-state index contributed by atoms with van der Waals surface area (Å²) >= 11 is 5.02. The molecule has 0 saturated carbocycles. The number of nitrogens with zero attached hydrogens (tertiary/aromatic N) is 4. The molecule has 15 heteroatoms. The first-order valence-corrected chi connectivity index (χ1v) is 13.5. The number of rotatable bonds is 4. The number of fused-ring (bicyclic) bond motifs is 1. The van der Waals surface area contributed by atoms with Crippen molar-refractivity contribution in [1.29, 1.82) is 0 Å². The number of hydrogen-bond donors (Lipinski definition) is 1. The van der Waals surface area contributed by atoms with Crippen molar-refractivity contribution in [3.05, 3.63) is 12.2 Å². The first-order chi connectivity index (χ1) is 19.0. The fourth-order valence-electron chi connectivity index (χ4n) is 3.39. The number of amides is 2. The van der Waals surface area contributed by atoms with E-state index in [-0.39, 0.29) is 50.1 Å². The Bertz CT molecular complexity index is 1010. The van der Waals surface area contributed by atoms with E-state index in [2.05, 4.69) is 15.0 Å². The second-order valence-electron chi connectivity index (χ2n) is 10.8. The highest BCUT2D eigenvalue weighted by atomic mass is 35.5. The molecule has 1 fully saturated rings. The Labute approximate surface area is 252 Å². The minimum absolute atomic E-state index is 0. The summed E-state index contributed by atoms with van der Waals surface area (Å²) in [5, 5.41) is 13.5. The molecule has 14 nitrogen and oxygen atoms in total. The van der Waals surface area contributed by atoms with Crippen LogP contribution >= 0.6 is 11.6 Å². The molecule has 1 saturated heterocycles. The minimum Gasteiger partial charge on any atom is -0.461 e. The number of hydrogen-bond acceptors (Lipinski definition) is 12. The van der Waals surface area contributed by atoms with Crippen molar-refractivity contribution in [2.75, 3.05) is 39.4 Å². The summed E-state index contributed by atoms with van der Waals surface area (Å²) in [5.41, 5.74) is -0.684. The molecule has 0 aromatic rings. The third-order valence-corrected chi connectivity index (χ3v) is 5.27. The maximum Gasteiger partial charge on any atom is 0.410 e. The third-order valence-electron chi connectivity index (χ3n) is 5.04. The third kappa shape index (κ3) is 13.4. The largest absolute Gasteiger partial charge is 0.461 e. The molecule has 3 aliphatic rings. The van der Waals surface area contributed by atoms with Gasteiger partial charge < -0.3 is 38.8 Å². The quantitative estimate of drug-likeness (QED) is 0.120. The second-order valence-corrected chi connectivity index (χ2v) is 11.2. The summed E-state index contributed by atoms with van der Waals surface area (Å²) < 4.78 is 19.7. The molecule has 1 N–H and O–H groups in total. The summed E-state index contributed by atoms with van der Waals surface area (Å²) in [6.07, 6.45) is 3.00. The molecule has 2 atom stereocenters. The fourth-order valence-corrected chi connectivity index (χ4v) is 3.44. The molecule has 3 rings (SSSR count). The number of carbonyl (C=O) groups is 4. The van der Waals surface area contributed by atoms with Crippen molar-refractivity contribution in [3.63, 3.8) is 0 Å². The van der Waals surface area contributed by atoms with E-state index in [1.807, 2.05) is 53.7 Å². The van der Waals surface area contributed by atoms with Gasteiger partial charge in [0.2, 0.25) is 0 Å². The van der Waals surface area contributed by atoms with E-state index in [1.54, 1.807) is 18.7 Å². The molecule has 0 aromatic heterocycles. The lowest BCUT2D eigenvalue weighted by Crippen LogP contribution is -2.36. The van der Waals surface area contributed by atoms with Crippen LogP contribution in [0.2, 0.25) is 0 Å². The molecule has 0 radical (unpaired) electrons.